The van der Waals surface area contributed by atoms with Gasteiger partial charge in [-0.1, -0.05) is 24.6 Å². The molecule has 4 atom stereocenters. The molecule has 1 aromatic carbocycles. The molecule has 0 bridgehead atoms. The molecule has 0 amide bonds. The van der Waals surface area contributed by atoms with Crippen LogP contribution in [-0.4, -0.2) is 32.5 Å². The van der Waals surface area contributed by atoms with Gasteiger partial charge in [0.2, 0.25) is 0 Å². The highest BCUT2D eigenvalue weighted by Gasteiger charge is 2.51. The van der Waals surface area contributed by atoms with Crippen molar-refractivity contribution < 1.29 is 13.9 Å². The lowest BCUT2D eigenvalue weighted by Gasteiger charge is -2.22. The zero-order valence-electron chi connectivity index (χ0n) is 19.7. The number of nitrogen functional groups attached to an aromatic ring is 1. The number of benzene rings is 1. The lowest BCUT2D eigenvalue weighted by molar-refractivity contribution is -0.148. The summed E-state index contributed by atoms with van der Waals surface area (Å²) in [5.41, 5.74) is 9.25. The number of fused-ring (bicyclic) bond motifs is 3. The number of hydrogen-bond donors (Lipinski definition) is 1. The Labute approximate surface area is 207 Å². The van der Waals surface area contributed by atoms with Crippen LogP contribution < -0.4 is 5.73 Å². The molecular formula is C27H26ClFN4O2. The third kappa shape index (κ3) is 3.78. The minimum atomic E-state index is -0.695. The van der Waals surface area contributed by atoms with Crippen LogP contribution >= 0.6 is 11.6 Å². The third-order valence-electron chi connectivity index (χ3n) is 6.99. The maximum atomic E-state index is 14.9. The van der Waals surface area contributed by atoms with E-state index in [-0.39, 0.29) is 40.8 Å². The first kappa shape index (κ1) is 22.5. The highest BCUT2D eigenvalue weighted by atomic mass is 35.5. The standard InChI is InChI=1S/C27H26ClFN4O2/c1-14(9-15-10-20(29)18-12-19(28)25(30)32-21(18)11-15)17-13-22(24-23(17)34-27(2,3)35-24)33-8-6-16-5-4-7-31-26(16)33/h4-8,10-14,22-24H,9H2,1-3H3,(H2,30,32)/t14?,22-,23-,24+/m1/s1. The van der Waals surface area contributed by atoms with Crippen LogP contribution in [0.15, 0.2) is 60.4 Å². The van der Waals surface area contributed by atoms with Gasteiger partial charge >= 0.3 is 0 Å². The Morgan fingerprint density at radius 2 is 2.06 bits per heavy atom. The van der Waals surface area contributed by atoms with E-state index in [9.17, 15) is 4.39 Å². The predicted octanol–water partition coefficient (Wildman–Crippen LogP) is 5.84. The van der Waals surface area contributed by atoms with E-state index in [2.05, 4.69) is 45.9 Å². The lowest BCUT2D eigenvalue weighted by atomic mass is 9.91. The zero-order valence-corrected chi connectivity index (χ0v) is 20.5. The van der Waals surface area contributed by atoms with Crippen molar-refractivity contribution in [2.24, 2.45) is 5.92 Å². The highest BCUT2D eigenvalue weighted by Crippen LogP contribution is 2.46. The van der Waals surface area contributed by atoms with Crippen molar-refractivity contribution in [3.05, 3.63) is 76.8 Å². The summed E-state index contributed by atoms with van der Waals surface area (Å²) in [4.78, 5) is 8.88. The second-order valence-corrected chi connectivity index (χ2v) is 10.3. The first-order valence-electron chi connectivity index (χ1n) is 11.7. The van der Waals surface area contributed by atoms with E-state index < -0.39 is 5.79 Å². The van der Waals surface area contributed by atoms with Gasteiger partial charge in [-0.05, 0) is 73.7 Å². The topological polar surface area (TPSA) is 75.2 Å². The molecule has 2 N–H and O–H groups in total. The van der Waals surface area contributed by atoms with Gasteiger partial charge < -0.3 is 19.8 Å². The Hall–Kier alpha value is -3.00. The van der Waals surface area contributed by atoms with Gasteiger partial charge in [-0.25, -0.2) is 14.4 Å². The van der Waals surface area contributed by atoms with Crippen LogP contribution in [-0.2, 0) is 15.9 Å². The van der Waals surface area contributed by atoms with Crippen LogP contribution in [0.4, 0.5) is 10.2 Å². The number of rotatable bonds is 4. The van der Waals surface area contributed by atoms with Crippen LogP contribution in [0.2, 0.25) is 5.02 Å². The fourth-order valence-corrected chi connectivity index (χ4v) is 5.61. The molecule has 1 fully saturated rings. The van der Waals surface area contributed by atoms with Crippen molar-refractivity contribution in [2.75, 3.05) is 5.73 Å². The molecule has 1 aliphatic heterocycles. The second kappa shape index (κ2) is 8.01. The van der Waals surface area contributed by atoms with E-state index in [1.54, 1.807) is 12.3 Å². The first-order valence-corrected chi connectivity index (χ1v) is 12.1. The fourth-order valence-electron chi connectivity index (χ4n) is 5.46. The molecule has 0 saturated carbocycles. The van der Waals surface area contributed by atoms with Crippen molar-refractivity contribution in [1.82, 2.24) is 14.5 Å². The predicted molar refractivity (Wildman–Crippen MR) is 135 cm³/mol. The van der Waals surface area contributed by atoms with Gasteiger partial charge in [0, 0.05) is 23.2 Å². The van der Waals surface area contributed by atoms with Crippen LogP contribution in [0.3, 0.4) is 0 Å². The Kier molecular flexibility index (Phi) is 5.14. The molecule has 6 nitrogen and oxygen atoms in total. The molecule has 3 aromatic heterocycles. The van der Waals surface area contributed by atoms with Crippen molar-refractivity contribution in [3.63, 3.8) is 0 Å². The Balaban J connectivity index is 1.36. The van der Waals surface area contributed by atoms with E-state index in [0.717, 1.165) is 22.2 Å². The van der Waals surface area contributed by atoms with Crippen molar-refractivity contribution in [3.8, 4) is 0 Å². The van der Waals surface area contributed by atoms with Gasteiger partial charge in [0.05, 0.1) is 16.6 Å². The highest BCUT2D eigenvalue weighted by molar-refractivity contribution is 6.33. The summed E-state index contributed by atoms with van der Waals surface area (Å²) in [6, 6.07) is 11.0. The number of pyridine rings is 2. The molecule has 6 rings (SSSR count). The number of nitrogens with zero attached hydrogens (tertiary/aromatic N) is 3. The Morgan fingerprint density at radius 1 is 1.23 bits per heavy atom. The van der Waals surface area contributed by atoms with Gasteiger partial charge in [0.1, 0.15) is 29.5 Å². The van der Waals surface area contributed by atoms with Crippen LogP contribution in [0.5, 0.6) is 0 Å². The summed E-state index contributed by atoms with van der Waals surface area (Å²) in [7, 11) is 0. The molecule has 0 spiro atoms. The minimum Gasteiger partial charge on any atom is -0.382 e. The first-order chi connectivity index (χ1) is 16.7. The molecule has 35 heavy (non-hydrogen) atoms. The normalized spacial score (nSPS) is 24.1. The third-order valence-corrected chi connectivity index (χ3v) is 7.29. The minimum absolute atomic E-state index is 0.0522. The average molecular weight is 493 g/mol. The summed E-state index contributed by atoms with van der Waals surface area (Å²) in [6.07, 6.45) is 6.35. The monoisotopic (exact) mass is 492 g/mol. The largest absolute Gasteiger partial charge is 0.382 e. The smallest absolute Gasteiger partial charge is 0.164 e. The summed E-state index contributed by atoms with van der Waals surface area (Å²) in [5.74, 6) is -0.777. The van der Waals surface area contributed by atoms with Crippen LogP contribution in [0.1, 0.15) is 32.4 Å². The molecule has 0 radical (unpaired) electrons. The molecule has 1 aliphatic carbocycles. The molecule has 8 heteroatoms. The number of nitrogens with two attached hydrogens (primary N) is 1. The number of anilines is 1. The number of ether oxygens (including phenoxy) is 2. The quantitative estimate of drug-likeness (QED) is 0.362. The van der Waals surface area contributed by atoms with Gasteiger partial charge in [-0.2, -0.15) is 0 Å². The Morgan fingerprint density at radius 3 is 2.89 bits per heavy atom. The van der Waals surface area contributed by atoms with E-state index >= 15 is 0 Å². The number of halogens is 2. The maximum Gasteiger partial charge on any atom is 0.164 e. The van der Waals surface area contributed by atoms with Crippen molar-refractivity contribution in [2.45, 2.75) is 51.2 Å². The van der Waals surface area contributed by atoms with Crippen LogP contribution in [0, 0.1) is 11.7 Å². The lowest BCUT2D eigenvalue weighted by Crippen LogP contribution is -2.28. The van der Waals surface area contributed by atoms with E-state index in [1.807, 2.05) is 26.0 Å². The second-order valence-electron chi connectivity index (χ2n) is 9.92. The molecule has 1 unspecified atom stereocenters. The van der Waals surface area contributed by atoms with E-state index in [4.69, 9.17) is 26.8 Å². The summed E-state index contributed by atoms with van der Waals surface area (Å²) >= 11 is 6.04. The van der Waals surface area contributed by atoms with Crippen molar-refractivity contribution >= 4 is 39.4 Å². The zero-order chi connectivity index (χ0) is 24.5. The molecule has 4 aromatic rings. The van der Waals surface area contributed by atoms with Gasteiger partial charge in [0.15, 0.2) is 5.79 Å². The van der Waals surface area contributed by atoms with Gasteiger partial charge in [0.25, 0.3) is 0 Å². The molecule has 1 saturated heterocycles. The van der Waals surface area contributed by atoms with E-state index in [0.29, 0.717) is 17.3 Å². The molecule has 180 valence electrons. The molecular weight excluding hydrogens is 467 g/mol. The fraction of sp³-hybridized carbons (Fsp3) is 0.333. The summed E-state index contributed by atoms with van der Waals surface area (Å²) < 4.78 is 29.8. The molecule has 2 aliphatic rings. The van der Waals surface area contributed by atoms with Crippen molar-refractivity contribution in [1.29, 1.82) is 0 Å². The summed E-state index contributed by atoms with van der Waals surface area (Å²) in [6.45, 7) is 6.02. The summed E-state index contributed by atoms with van der Waals surface area (Å²) in [5, 5.41) is 1.69. The molecule has 4 heterocycles. The average Bonchev–Trinajstić information content (AvgIpc) is 3.45. The SMILES string of the molecule is CC(Cc1cc(F)c2cc(Cl)c(N)nc2c1)C1=C[C@@H](n2ccc3cccnc32)[C@@H]2OC(C)(C)O[C@H]12. The Bertz CT molecular complexity index is 1500. The van der Waals surface area contributed by atoms with E-state index in [1.165, 1.54) is 6.07 Å². The van der Waals surface area contributed by atoms with Crippen LogP contribution in [0.25, 0.3) is 21.9 Å². The maximum absolute atomic E-state index is 14.9. The number of hydrogen-bond acceptors (Lipinski definition) is 5. The van der Waals surface area contributed by atoms with Gasteiger partial charge in [-0.15, -0.1) is 0 Å². The number of aromatic nitrogens is 3. The van der Waals surface area contributed by atoms with Gasteiger partial charge in [-0.3, -0.25) is 0 Å².